The van der Waals surface area contributed by atoms with Crippen LogP contribution in [0.4, 0.5) is 0 Å². The first kappa shape index (κ1) is 12.3. The first-order chi connectivity index (χ1) is 9.15. The van der Waals surface area contributed by atoms with E-state index >= 15 is 0 Å². The third-order valence-electron chi connectivity index (χ3n) is 3.28. The van der Waals surface area contributed by atoms with Gasteiger partial charge in [0.15, 0.2) is 0 Å². The van der Waals surface area contributed by atoms with Crippen molar-refractivity contribution < 1.29 is 0 Å². The summed E-state index contributed by atoms with van der Waals surface area (Å²) in [6, 6.07) is 14.4. The van der Waals surface area contributed by atoms with Crippen LogP contribution in [0, 0.1) is 13.8 Å². The molecule has 0 aliphatic rings. The van der Waals surface area contributed by atoms with Gasteiger partial charge in [0.25, 0.3) is 0 Å². The Morgan fingerprint density at radius 2 is 1.89 bits per heavy atom. The molecule has 0 saturated heterocycles. The fourth-order valence-corrected chi connectivity index (χ4v) is 3.27. The molecule has 3 heteroatoms. The molecule has 3 rings (SSSR count). The van der Waals surface area contributed by atoms with E-state index in [0.717, 1.165) is 22.2 Å². The Balaban J connectivity index is 2.19. The van der Waals surface area contributed by atoms with Crippen LogP contribution in [0.2, 0.25) is 0 Å². The van der Waals surface area contributed by atoms with Crippen LogP contribution in [0.3, 0.4) is 0 Å². The van der Waals surface area contributed by atoms with Crippen LogP contribution < -0.4 is 5.73 Å². The van der Waals surface area contributed by atoms with E-state index in [1.807, 2.05) is 25.1 Å². The Kier molecular flexibility index (Phi) is 3.09. The van der Waals surface area contributed by atoms with E-state index in [1.165, 1.54) is 9.75 Å². The number of hydrogen-bond acceptors (Lipinski definition) is 3. The molecule has 1 atom stereocenters. The van der Waals surface area contributed by atoms with Crippen LogP contribution in [0.5, 0.6) is 0 Å². The molecule has 0 fully saturated rings. The Bertz CT molecular complexity index is 730. The Labute approximate surface area is 116 Å². The van der Waals surface area contributed by atoms with E-state index in [-0.39, 0.29) is 6.04 Å². The van der Waals surface area contributed by atoms with E-state index in [4.69, 9.17) is 5.73 Å². The lowest BCUT2D eigenvalue weighted by Crippen LogP contribution is -2.11. The van der Waals surface area contributed by atoms with Gasteiger partial charge in [0.05, 0.1) is 11.6 Å². The first-order valence-electron chi connectivity index (χ1n) is 6.33. The highest BCUT2D eigenvalue weighted by Gasteiger charge is 2.14. The second-order valence-electron chi connectivity index (χ2n) is 4.80. The number of rotatable bonds is 2. The van der Waals surface area contributed by atoms with Crippen molar-refractivity contribution in [3.63, 3.8) is 0 Å². The predicted molar refractivity (Wildman–Crippen MR) is 81.6 cm³/mol. The largest absolute Gasteiger partial charge is 0.320 e. The summed E-state index contributed by atoms with van der Waals surface area (Å²) in [6.07, 6.45) is 0. The van der Waals surface area contributed by atoms with Crippen molar-refractivity contribution in [3.8, 4) is 0 Å². The number of aromatic nitrogens is 1. The lowest BCUT2D eigenvalue weighted by Gasteiger charge is -2.14. The highest BCUT2D eigenvalue weighted by atomic mass is 32.1. The minimum Gasteiger partial charge on any atom is -0.320 e. The molecule has 0 amide bonds. The second-order valence-corrected chi connectivity index (χ2v) is 6.12. The lowest BCUT2D eigenvalue weighted by molar-refractivity contribution is 0.898. The monoisotopic (exact) mass is 268 g/mol. The van der Waals surface area contributed by atoms with Crippen molar-refractivity contribution >= 4 is 22.2 Å². The Morgan fingerprint density at radius 1 is 1.11 bits per heavy atom. The maximum Gasteiger partial charge on any atom is 0.0708 e. The molecule has 0 bridgehead atoms. The molecule has 96 valence electrons. The van der Waals surface area contributed by atoms with Gasteiger partial charge in [0.1, 0.15) is 0 Å². The zero-order valence-electron chi connectivity index (χ0n) is 11.1. The molecule has 19 heavy (non-hydrogen) atoms. The molecule has 2 nitrogen and oxygen atoms in total. The molecule has 1 aromatic carbocycles. The molecular weight excluding hydrogens is 252 g/mol. The van der Waals surface area contributed by atoms with E-state index in [1.54, 1.807) is 11.3 Å². The smallest absolute Gasteiger partial charge is 0.0708 e. The number of hydrogen-bond donors (Lipinski definition) is 1. The summed E-state index contributed by atoms with van der Waals surface area (Å²) in [4.78, 5) is 7.06. The second kappa shape index (κ2) is 4.76. The SMILES string of the molecule is Cc1cc(C(N)c2ccc(C)s2)c2ccccc2n1. The number of aryl methyl sites for hydroxylation is 2. The average Bonchev–Trinajstić information content (AvgIpc) is 2.83. The molecule has 2 N–H and O–H groups in total. The number of thiophene rings is 1. The molecule has 0 saturated carbocycles. The standard InChI is InChI=1S/C16H16N2S/c1-10-9-13(12-5-3-4-6-14(12)18-10)16(17)15-8-7-11(2)19-15/h3-9,16H,17H2,1-2H3. The third kappa shape index (κ3) is 2.27. The number of nitrogens with zero attached hydrogens (tertiary/aromatic N) is 1. The van der Waals surface area contributed by atoms with Crippen molar-refractivity contribution in [1.82, 2.24) is 4.98 Å². The van der Waals surface area contributed by atoms with Gasteiger partial charge in [-0.25, -0.2) is 0 Å². The van der Waals surface area contributed by atoms with E-state index in [2.05, 4.69) is 36.2 Å². The highest BCUT2D eigenvalue weighted by Crippen LogP contribution is 2.30. The van der Waals surface area contributed by atoms with Gasteiger partial charge in [-0.1, -0.05) is 18.2 Å². The summed E-state index contributed by atoms with van der Waals surface area (Å²) in [6.45, 7) is 4.12. The van der Waals surface area contributed by atoms with Crippen molar-refractivity contribution in [2.24, 2.45) is 5.73 Å². The molecule has 0 aliphatic carbocycles. The normalized spacial score (nSPS) is 12.8. The molecule has 3 aromatic rings. The molecular formula is C16H16N2S. The topological polar surface area (TPSA) is 38.9 Å². The maximum atomic E-state index is 6.45. The van der Waals surface area contributed by atoms with Crippen molar-refractivity contribution in [2.75, 3.05) is 0 Å². The minimum absolute atomic E-state index is 0.0784. The Hall–Kier alpha value is -1.71. The number of para-hydroxylation sites is 1. The van der Waals surface area contributed by atoms with Gasteiger partial charge in [-0.15, -0.1) is 11.3 Å². The minimum atomic E-state index is -0.0784. The van der Waals surface area contributed by atoms with Crippen molar-refractivity contribution in [3.05, 3.63) is 63.5 Å². The Morgan fingerprint density at radius 3 is 2.63 bits per heavy atom. The number of nitrogens with two attached hydrogens (primary N) is 1. The van der Waals surface area contributed by atoms with Crippen LogP contribution in [0.25, 0.3) is 10.9 Å². The van der Waals surface area contributed by atoms with Gasteiger partial charge in [0.2, 0.25) is 0 Å². The van der Waals surface area contributed by atoms with Crippen LogP contribution in [-0.4, -0.2) is 4.98 Å². The van der Waals surface area contributed by atoms with Gasteiger partial charge >= 0.3 is 0 Å². The molecule has 2 heterocycles. The first-order valence-corrected chi connectivity index (χ1v) is 7.15. The van der Waals surface area contributed by atoms with Crippen LogP contribution in [-0.2, 0) is 0 Å². The fourth-order valence-electron chi connectivity index (χ4n) is 2.37. The van der Waals surface area contributed by atoms with Gasteiger partial charge in [-0.05, 0) is 43.7 Å². The highest BCUT2D eigenvalue weighted by molar-refractivity contribution is 7.12. The van der Waals surface area contributed by atoms with Crippen molar-refractivity contribution in [1.29, 1.82) is 0 Å². The summed E-state index contributed by atoms with van der Waals surface area (Å²) in [5.74, 6) is 0. The van der Waals surface area contributed by atoms with Gasteiger partial charge in [-0.3, -0.25) is 4.98 Å². The van der Waals surface area contributed by atoms with E-state index in [9.17, 15) is 0 Å². The number of benzene rings is 1. The van der Waals surface area contributed by atoms with Gasteiger partial charge in [0, 0.05) is 20.8 Å². The number of fused-ring (bicyclic) bond motifs is 1. The van der Waals surface area contributed by atoms with Crippen LogP contribution in [0.1, 0.15) is 27.1 Å². The summed E-state index contributed by atoms with van der Waals surface area (Å²) in [7, 11) is 0. The van der Waals surface area contributed by atoms with Gasteiger partial charge < -0.3 is 5.73 Å². The summed E-state index contributed by atoms with van der Waals surface area (Å²) in [5.41, 5.74) is 9.63. The fraction of sp³-hybridized carbons (Fsp3) is 0.188. The summed E-state index contributed by atoms with van der Waals surface area (Å²) in [5, 5.41) is 1.15. The molecule has 0 radical (unpaired) electrons. The van der Waals surface area contributed by atoms with E-state index in [0.29, 0.717) is 0 Å². The molecule has 0 spiro atoms. The molecule has 1 unspecified atom stereocenters. The quantitative estimate of drug-likeness (QED) is 0.764. The summed E-state index contributed by atoms with van der Waals surface area (Å²) >= 11 is 1.76. The average molecular weight is 268 g/mol. The molecule has 0 aliphatic heterocycles. The van der Waals surface area contributed by atoms with E-state index < -0.39 is 0 Å². The molecule has 2 aromatic heterocycles. The lowest BCUT2D eigenvalue weighted by atomic mass is 10.0. The third-order valence-corrected chi connectivity index (χ3v) is 4.36. The number of pyridine rings is 1. The predicted octanol–water partition coefficient (Wildman–Crippen LogP) is 3.96. The zero-order chi connectivity index (χ0) is 13.4. The zero-order valence-corrected chi connectivity index (χ0v) is 11.9. The van der Waals surface area contributed by atoms with Crippen molar-refractivity contribution in [2.45, 2.75) is 19.9 Å². The van der Waals surface area contributed by atoms with Gasteiger partial charge in [-0.2, -0.15) is 0 Å². The summed E-state index contributed by atoms with van der Waals surface area (Å²) < 4.78 is 0. The maximum absolute atomic E-state index is 6.45. The van der Waals surface area contributed by atoms with Crippen LogP contribution >= 0.6 is 11.3 Å². The van der Waals surface area contributed by atoms with Crippen LogP contribution in [0.15, 0.2) is 42.5 Å².